The Balaban J connectivity index is 2.06. The minimum atomic E-state index is -0.848. The van der Waals surface area contributed by atoms with Crippen molar-refractivity contribution in [3.63, 3.8) is 0 Å². The topological polar surface area (TPSA) is 112 Å². The van der Waals surface area contributed by atoms with E-state index in [0.717, 1.165) is 11.1 Å². The van der Waals surface area contributed by atoms with Crippen LogP contribution in [-0.4, -0.2) is 39.5 Å². The van der Waals surface area contributed by atoms with Crippen LogP contribution in [0, 0.1) is 0 Å². The molecular weight excluding hydrogens is 312 g/mol. The second kappa shape index (κ2) is 6.76. The van der Waals surface area contributed by atoms with Gasteiger partial charge in [-0.1, -0.05) is 12.1 Å². The molecule has 2 atom stereocenters. The summed E-state index contributed by atoms with van der Waals surface area (Å²) in [5.41, 5.74) is 7.49. The van der Waals surface area contributed by atoms with Crippen molar-refractivity contribution in [2.75, 3.05) is 13.2 Å². The summed E-state index contributed by atoms with van der Waals surface area (Å²) in [5.74, 6) is -0.340. The van der Waals surface area contributed by atoms with Crippen molar-refractivity contribution in [3.8, 4) is 0 Å². The Hall–Kier alpha value is -2.16. The standard InChI is InChI=1S/C16H22N4O4/c1-19-14-10(9-24-8-7-17)3-2-4-11(14)20(16(19)23)12-5-6-13(21)18-15(12)22/h2-4,12-13,21H,5-9,17H2,1H3,(H,18,22). The second-order valence-electron chi connectivity index (χ2n) is 5.96. The summed E-state index contributed by atoms with van der Waals surface area (Å²) in [6.45, 7) is 1.22. The van der Waals surface area contributed by atoms with Crippen LogP contribution in [0.3, 0.4) is 0 Å². The van der Waals surface area contributed by atoms with Crippen molar-refractivity contribution in [3.05, 3.63) is 34.2 Å². The maximum Gasteiger partial charge on any atom is 0.329 e. The van der Waals surface area contributed by atoms with Gasteiger partial charge in [-0.3, -0.25) is 13.9 Å². The molecule has 0 bridgehead atoms. The Labute approximate surface area is 138 Å². The quantitative estimate of drug-likeness (QED) is 0.643. The van der Waals surface area contributed by atoms with Crippen LogP contribution in [0.4, 0.5) is 0 Å². The molecule has 1 aliphatic heterocycles. The molecule has 1 fully saturated rings. The predicted octanol–water partition coefficient (Wildman–Crippen LogP) is -0.415. The summed E-state index contributed by atoms with van der Waals surface area (Å²) in [5, 5.41) is 12.0. The molecule has 1 amide bonds. The fourth-order valence-electron chi connectivity index (χ4n) is 3.23. The number of rotatable bonds is 5. The molecule has 24 heavy (non-hydrogen) atoms. The Kier molecular flexibility index (Phi) is 4.70. The summed E-state index contributed by atoms with van der Waals surface area (Å²) < 4.78 is 8.54. The van der Waals surface area contributed by atoms with Crippen LogP contribution in [0.2, 0.25) is 0 Å². The first-order valence-electron chi connectivity index (χ1n) is 7.99. The lowest BCUT2D eigenvalue weighted by molar-refractivity contribution is -0.130. The second-order valence-corrected chi connectivity index (χ2v) is 5.96. The third-order valence-corrected chi connectivity index (χ3v) is 4.34. The van der Waals surface area contributed by atoms with Crippen LogP contribution in [0.15, 0.2) is 23.0 Å². The number of nitrogens with two attached hydrogens (primary N) is 1. The molecule has 0 spiro atoms. The van der Waals surface area contributed by atoms with E-state index in [9.17, 15) is 14.7 Å². The smallest absolute Gasteiger partial charge is 0.329 e. The zero-order valence-electron chi connectivity index (χ0n) is 13.6. The van der Waals surface area contributed by atoms with E-state index in [1.165, 1.54) is 9.13 Å². The number of imidazole rings is 1. The number of aromatic nitrogens is 2. The number of ether oxygens (including phenoxy) is 1. The molecule has 130 valence electrons. The van der Waals surface area contributed by atoms with Crippen LogP contribution in [-0.2, 0) is 23.2 Å². The third kappa shape index (κ3) is 2.83. The van der Waals surface area contributed by atoms with Gasteiger partial charge in [0.1, 0.15) is 12.3 Å². The van der Waals surface area contributed by atoms with E-state index in [2.05, 4.69) is 5.32 Å². The molecule has 0 saturated carbocycles. The lowest BCUT2D eigenvalue weighted by atomic mass is 10.0. The highest BCUT2D eigenvalue weighted by atomic mass is 16.5. The van der Waals surface area contributed by atoms with Crippen LogP contribution < -0.4 is 16.7 Å². The Morgan fingerprint density at radius 1 is 1.38 bits per heavy atom. The number of aliphatic hydroxyl groups is 1. The minimum absolute atomic E-state index is 0.257. The van der Waals surface area contributed by atoms with E-state index in [4.69, 9.17) is 10.5 Å². The van der Waals surface area contributed by atoms with Crippen LogP contribution in [0.5, 0.6) is 0 Å². The van der Waals surface area contributed by atoms with Crippen molar-refractivity contribution in [2.45, 2.75) is 31.7 Å². The number of hydrogen-bond donors (Lipinski definition) is 3. The first-order valence-corrected chi connectivity index (χ1v) is 7.99. The van der Waals surface area contributed by atoms with Gasteiger partial charge in [0.15, 0.2) is 0 Å². The number of nitrogens with zero attached hydrogens (tertiary/aromatic N) is 2. The first-order chi connectivity index (χ1) is 11.5. The van der Waals surface area contributed by atoms with Crippen molar-refractivity contribution < 1.29 is 14.6 Å². The Morgan fingerprint density at radius 3 is 2.88 bits per heavy atom. The summed E-state index contributed by atoms with van der Waals surface area (Å²) in [7, 11) is 1.68. The van der Waals surface area contributed by atoms with Gasteiger partial charge in [-0.25, -0.2) is 4.79 Å². The molecule has 0 radical (unpaired) electrons. The fraction of sp³-hybridized carbons (Fsp3) is 0.500. The summed E-state index contributed by atoms with van der Waals surface area (Å²) in [6, 6.07) is 4.94. The van der Waals surface area contributed by atoms with E-state index in [-0.39, 0.29) is 11.6 Å². The Morgan fingerprint density at radius 2 is 2.17 bits per heavy atom. The minimum Gasteiger partial charge on any atom is -0.375 e. The van der Waals surface area contributed by atoms with Gasteiger partial charge in [0.05, 0.1) is 24.2 Å². The zero-order chi connectivity index (χ0) is 17.3. The molecule has 1 aromatic carbocycles. The molecule has 1 aliphatic rings. The number of carbonyl (C=O) groups is 1. The average Bonchev–Trinajstić information content (AvgIpc) is 2.81. The van der Waals surface area contributed by atoms with Crippen LogP contribution in [0.25, 0.3) is 11.0 Å². The molecule has 8 heteroatoms. The number of nitrogens with one attached hydrogen (secondary N) is 1. The SMILES string of the molecule is Cn1c(=O)n(C2CCC(O)NC2=O)c2cccc(COCCN)c21. The summed E-state index contributed by atoms with van der Waals surface area (Å²) in [6.07, 6.45) is -0.0157. The van der Waals surface area contributed by atoms with Crippen LogP contribution in [0.1, 0.15) is 24.4 Å². The van der Waals surface area contributed by atoms with Gasteiger partial charge in [-0.15, -0.1) is 0 Å². The van der Waals surface area contributed by atoms with E-state index < -0.39 is 12.3 Å². The third-order valence-electron chi connectivity index (χ3n) is 4.34. The van der Waals surface area contributed by atoms with Gasteiger partial charge >= 0.3 is 5.69 Å². The molecule has 1 saturated heterocycles. The molecule has 8 nitrogen and oxygen atoms in total. The maximum absolute atomic E-state index is 12.7. The zero-order valence-corrected chi connectivity index (χ0v) is 13.6. The molecule has 0 aliphatic carbocycles. The van der Waals surface area contributed by atoms with E-state index in [1.54, 1.807) is 7.05 Å². The first kappa shape index (κ1) is 16.7. The van der Waals surface area contributed by atoms with Gasteiger partial charge in [0, 0.05) is 19.2 Å². The molecule has 2 aromatic rings. The molecule has 1 aromatic heterocycles. The highest BCUT2D eigenvalue weighted by molar-refractivity contribution is 5.86. The van der Waals surface area contributed by atoms with Crippen molar-refractivity contribution >= 4 is 16.9 Å². The summed E-state index contributed by atoms with van der Waals surface area (Å²) >= 11 is 0. The van der Waals surface area contributed by atoms with E-state index in [1.807, 2.05) is 18.2 Å². The average molecular weight is 334 g/mol. The van der Waals surface area contributed by atoms with Crippen molar-refractivity contribution in [2.24, 2.45) is 12.8 Å². The largest absolute Gasteiger partial charge is 0.375 e. The maximum atomic E-state index is 12.7. The van der Waals surface area contributed by atoms with Gasteiger partial charge in [-0.05, 0) is 18.9 Å². The normalized spacial score (nSPS) is 21.2. The molecule has 2 heterocycles. The molecule has 2 unspecified atom stereocenters. The number of fused-ring (bicyclic) bond motifs is 1. The van der Waals surface area contributed by atoms with Crippen molar-refractivity contribution in [1.29, 1.82) is 0 Å². The number of piperidine rings is 1. The number of aliphatic hydroxyl groups excluding tert-OH is 1. The molecular formula is C16H22N4O4. The number of para-hydroxylation sites is 1. The van der Waals surface area contributed by atoms with Gasteiger partial charge in [0.2, 0.25) is 5.91 Å². The highest BCUT2D eigenvalue weighted by Gasteiger charge is 2.31. The molecule has 4 N–H and O–H groups in total. The van der Waals surface area contributed by atoms with Crippen molar-refractivity contribution in [1.82, 2.24) is 14.5 Å². The highest BCUT2D eigenvalue weighted by Crippen LogP contribution is 2.25. The predicted molar refractivity (Wildman–Crippen MR) is 88.3 cm³/mol. The number of benzene rings is 1. The monoisotopic (exact) mass is 334 g/mol. The number of aryl methyl sites for hydroxylation is 1. The number of carbonyl (C=O) groups excluding carboxylic acids is 1. The lowest BCUT2D eigenvalue weighted by Crippen LogP contribution is -2.46. The molecule has 3 rings (SSSR count). The number of amides is 1. The Bertz CT molecular complexity index is 810. The summed E-state index contributed by atoms with van der Waals surface area (Å²) in [4.78, 5) is 24.9. The lowest BCUT2D eigenvalue weighted by Gasteiger charge is -2.26. The van der Waals surface area contributed by atoms with Gasteiger partial charge < -0.3 is 20.9 Å². The number of hydrogen-bond acceptors (Lipinski definition) is 5. The van der Waals surface area contributed by atoms with Gasteiger partial charge in [-0.2, -0.15) is 0 Å². The van der Waals surface area contributed by atoms with E-state index in [0.29, 0.717) is 38.1 Å². The van der Waals surface area contributed by atoms with Crippen LogP contribution >= 0.6 is 0 Å². The van der Waals surface area contributed by atoms with Gasteiger partial charge in [0.25, 0.3) is 0 Å². The fourth-order valence-corrected chi connectivity index (χ4v) is 3.23. The van der Waals surface area contributed by atoms with E-state index >= 15 is 0 Å².